The smallest absolute Gasteiger partial charge is 0.337 e. The molecule has 3 rings (SSSR count). The largest absolute Gasteiger partial charge is 0.465 e. The highest BCUT2D eigenvalue weighted by atomic mass is 16.5. The lowest BCUT2D eigenvalue weighted by Crippen LogP contribution is -2.35. The monoisotopic (exact) mass is 389 g/mol. The van der Waals surface area contributed by atoms with Crippen LogP contribution in [0, 0.1) is 0 Å². The van der Waals surface area contributed by atoms with Crippen LogP contribution in [-0.4, -0.2) is 63.5 Å². The average molecular weight is 389 g/mol. The molecule has 0 aliphatic carbocycles. The number of aromatic nitrogens is 1. The van der Waals surface area contributed by atoms with Crippen LogP contribution in [0.1, 0.15) is 31.2 Å². The van der Waals surface area contributed by atoms with Gasteiger partial charge in [0.15, 0.2) is 5.69 Å². The number of nitrogens with one attached hydrogen (secondary N) is 1. The number of carbonyl (C=O) groups excluding carboxylic acids is 3. The maximum absolute atomic E-state index is 12.5. The van der Waals surface area contributed by atoms with E-state index in [-0.39, 0.29) is 22.5 Å². The SMILES string of the molecule is COC(=O)c1cc(NC(=O)c2cc(N3CCOCC3)on2)cc(C(=O)OC)c1. The molecular formula is C18H19N3O7. The Morgan fingerprint density at radius 3 is 2.18 bits per heavy atom. The van der Waals surface area contributed by atoms with Gasteiger partial charge < -0.3 is 29.0 Å². The highest BCUT2D eigenvalue weighted by Crippen LogP contribution is 2.20. The minimum absolute atomic E-state index is 0.0598. The van der Waals surface area contributed by atoms with E-state index in [1.54, 1.807) is 0 Å². The van der Waals surface area contributed by atoms with Crippen molar-refractivity contribution < 1.29 is 33.1 Å². The summed E-state index contributed by atoms with van der Waals surface area (Å²) in [6.07, 6.45) is 0. The number of amides is 1. The Hall–Kier alpha value is -3.40. The number of hydrogen-bond donors (Lipinski definition) is 1. The second-order valence-corrected chi connectivity index (χ2v) is 5.89. The number of morpholine rings is 1. The van der Waals surface area contributed by atoms with Crippen LogP contribution in [0.4, 0.5) is 11.6 Å². The molecule has 0 atom stereocenters. The second-order valence-electron chi connectivity index (χ2n) is 5.89. The van der Waals surface area contributed by atoms with Gasteiger partial charge in [0, 0.05) is 24.8 Å². The van der Waals surface area contributed by atoms with Crippen molar-refractivity contribution in [2.24, 2.45) is 0 Å². The normalized spacial score (nSPS) is 13.7. The Balaban J connectivity index is 1.80. The Morgan fingerprint density at radius 1 is 1.00 bits per heavy atom. The fraction of sp³-hybridized carbons (Fsp3) is 0.333. The van der Waals surface area contributed by atoms with Gasteiger partial charge in [0.1, 0.15) is 0 Å². The molecule has 1 aromatic heterocycles. The molecule has 0 radical (unpaired) electrons. The Kier molecular flexibility index (Phi) is 5.90. The number of benzene rings is 1. The third kappa shape index (κ3) is 4.29. The Morgan fingerprint density at radius 2 is 1.61 bits per heavy atom. The molecule has 2 heterocycles. The molecule has 1 fully saturated rings. The van der Waals surface area contributed by atoms with Crippen LogP contribution in [-0.2, 0) is 14.2 Å². The van der Waals surface area contributed by atoms with Crippen LogP contribution < -0.4 is 10.2 Å². The highest BCUT2D eigenvalue weighted by Gasteiger charge is 2.20. The minimum Gasteiger partial charge on any atom is -0.465 e. The molecule has 28 heavy (non-hydrogen) atoms. The number of hydrogen-bond acceptors (Lipinski definition) is 9. The number of carbonyl (C=O) groups is 3. The first-order valence-corrected chi connectivity index (χ1v) is 8.44. The zero-order chi connectivity index (χ0) is 20.1. The first kappa shape index (κ1) is 19.4. The molecule has 0 bridgehead atoms. The van der Waals surface area contributed by atoms with Gasteiger partial charge >= 0.3 is 11.9 Å². The van der Waals surface area contributed by atoms with Gasteiger partial charge in [-0.3, -0.25) is 4.79 Å². The van der Waals surface area contributed by atoms with Crippen molar-refractivity contribution in [1.82, 2.24) is 5.16 Å². The minimum atomic E-state index is -0.655. The molecule has 10 nitrogen and oxygen atoms in total. The van der Waals surface area contributed by atoms with E-state index < -0.39 is 17.8 Å². The summed E-state index contributed by atoms with van der Waals surface area (Å²) in [5, 5.41) is 6.38. The van der Waals surface area contributed by atoms with E-state index in [1.165, 1.54) is 38.5 Å². The molecule has 10 heteroatoms. The third-order valence-corrected chi connectivity index (χ3v) is 4.09. The van der Waals surface area contributed by atoms with Crippen LogP contribution in [0.3, 0.4) is 0 Å². The second kappa shape index (κ2) is 8.53. The number of methoxy groups -OCH3 is 2. The van der Waals surface area contributed by atoms with Crippen LogP contribution in [0.15, 0.2) is 28.8 Å². The maximum Gasteiger partial charge on any atom is 0.337 e. The molecule has 0 saturated carbocycles. The molecule has 1 saturated heterocycles. The molecule has 1 aliphatic heterocycles. The van der Waals surface area contributed by atoms with E-state index in [2.05, 4.69) is 19.9 Å². The zero-order valence-corrected chi connectivity index (χ0v) is 15.4. The summed E-state index contributed by atoms with van der Waals surface area (Å²) >= 11 is 0. The summed E-state index contributed by atoms with van der Waals surface area (Å²) in [5.74, 6) is -1.40. The quantitative estimate of drug-likeness (QED) is 0.755. The van der Waals surface area contributed by atoms with E-state index >= 15 is 0 Å². The third-order valence-electron chi connectivity index (χ3n) is 4.09. The standard InChI is InChI=1S/C18H19N3O7/c1-25-17(23)11-7-12(18(24)26-2)9-13(8-11)19-16(22)14-10-15(28-20-14)21-3-5-27-6-4-21/h7-10H,3-6H2,1-2H3,(H,19,22). The molecular weight excluding hydrogens is 370 g/mol. The van der Waals surface area contributed by atoms with Gasteiger partial charge in [0.25, 0.3) is 5.91 Å². The number of anilines is 2. The zero-order valence-electron chi connectivity index (χ0n) is 15.4. The fourth-order valence-corrected chi connectivity index (χ4v) is 2.67. The van der Waals surface area contributed by atoms with Crippen molar-refractivity contribution in [3.05, 3.63) is 41.1 Å². The highest BCUT2D eigenvalue weighted by molar-refractivity contribution is 6.05. The van der Waals surface area contributed by atoms with E-state index in [1.807, 2.05) is 4.90 Å². The van der Waals surface area contributed by atoms with Crippen molar-refractivity contribution in [1.29, 1.82) is 0 Å². The van der Waals surface area contributed by atoms with Gasteiger partial charge in [0.05, 0.1) is 38.6 Å². The maximum atomic E-state index is 12.5. The number of ether oxygens (including phenoxy) is 3. The van der Waals surface area contributed by atoms with Crippen molar-refractivity contribution in [2.75, 3.05) is 50.7 Å². The summed E-state index contributed by atoms with van der Waals surface area (Å²) in [6.45, 7) is 2.41. The lowest BCUT2D eigenvalue weighted by atomic mass is 10.1. The first-order valence-electron chi connectivity index (χ1n) is 8.44. The van der Waals surface area contributed by atoms with Crippen molar-refractivity contribution in [2.45, 2.75) is 0 Å². The van der Waals surface area contributed by atoms with Gasteiger partial charge in [-0.05, 0) is 18.2 Å². The van der Waals surface area contributed by atoms with E-state index in [9.17, 15) is 14.4 Å². The molecule has 1 aliphatic rings. The molecule has 0 unspecified atom stereocenters. The van der Waals surface area contributed by atoms with Gasteiger partial charge in [-0.2, -0.15) is 0 Å². The van der Waals surface area contributed by atoms with E-state index in [4.69, 9.17) is 9.26 Å². The summed E-state index contributed by atoms with van der Waals surface area (Å²) in [5.41, 5.74) is 0.457. The topological polar surface area (TPSA) is 120 Å². The van der Waals surface area contributed by atoms with Gasteiger partial charge in [-0.1, -0.05) is 5.16 Å². The Bertz CT molecular complexity index is 853. The molecule has 148 valence electrons. The van der Waals surface area contributed by atoms with Crippen LogP contribution in [0.2, 0.25) is 0 Å². The van der Waals surface area contributed by atoms with E-state index in [0.29, 0.717) is 32.2 Å². The van der Waals surface area contributed by atoms with Crippen LogP contribution >= 0.6 is 0 Å². The van der Waals surface area contributed by atoms with E-state index in [0.717, 1.165) is 0 Å². The van der Waals surface area contributed by atoms with Gasteiger partial charge in [-0.15, -0.1) is 0 Å². The molecule has 1 amide bonds. The lowest BCUT2D eigenvalue weighted by molar-refractivity contribution is 0.0599. The van der Waals surface area contributed by atoms with Crippen LogP contribution in [0.25, 0.3) is 0 Å². The molecule has 2 aromatic rings. The first-order chi connectivity index (χ1) is 13.5. The molecule has 1 aromatic carbocycles. The summed E-state index contributed by atoms with van der Waals surface area (Å²) in [4.78, 5) is 38.1. The van der Waals surface area contributed by atoms with Gasteiger partial charge in [0.2, 0.25) is 5.88 Å². The van der Waals surface area contributed by atoms with Crippen molar-refractivity contribution in [3.63, 3.8) is 0 Å². The summed E-state index contributed by atoms with van der Waals surface area (Å²) in [6, 6.07) is 5.62. The molecule has 1 N–H and O–H groups in total. The van der Waals surface area contributed by atoms with Crippen molar-refractivity contribution >= 4 is 29.4 Å². The average Bonchev–Trinajstić information content (AvgIpc) is 3.23. The van der Waals surface area contributed by atoms with Crippen molar-refractivity contribution in [3.8, 4) is 0 Å². The fourth-order valence-electron chi connectivity index (χ4n) is 2.67. The van der Waals surface area contributed by atoms with Crippen LogP contribution in [0.5, 0.6) is 0 Å². The number of nitrogens with zero attached hydrogens (tertiary/aromatic N) is 2. The Labute approximate surface area is 160 Å². The summed E-state index contributed by atoms with van der Waals surface area (Å²) in [7, 11) is 2.43. The number of esters is 2. The predicted octanol–water partition coefficient (Wildman–Crippen LogP) is 1.34. The predicted molar refractivity (Wildman–Crippen MR) is 96.6 cm³/mol. The van der Waals surface area contributed by atoms with Gasteiger partial charge in [-0.25, -0.2) is 9.59 Å². The number of rotatable bonds is 5. The summed E-state index contributed by atoms with van der Waals surface area (Å²) < 4.78 is 19.9. The lowest BCUT2D eigenvalue weighted by Gasteiger charge is -2.25. The molecule has 0 spiro atoms.